The number of nitrogens with one attached hydrogen (secondary N) is 1. The van der Waals surface area contributed by atoms with E-state index in [-0.39, 0.29) is 12.2 Å². The number of rotatable bonds is 4. The van der Waals surface area contributed by atoms with E-state index < -0.39 is 5.97 Å². The van der Waals surface area contributed by atoms with Crippen molar-refractivity contribution in [3.8, 4) is 0 Å². The molecule has 0 aliphatic carbocycles. The number of aliphatic hydroxyl groups is 1. The first-order chi connectivity index (χ1) is 10.0. The number of carbonyl (C=O) groups excluding carboxylic acids is 1. The van der Waals surface area contributed by atoms with Crippen molar-refractivity contribution in [2.75, 3.05) is 6.61 Å². The van der Waals surface area contributed by atoms with Gasteiger partial charge in [0.05, 0.1) is 29.9 Å². The minimum atomic E-state index is -0.435. The van der Waals surface area contributed by atoms with E-state index in [1.165, 1.54) is 0 Å². The number of aryl methyl sites for hydroxylation is 2. The molecule has 0 atom stereocenters. The van der Waals surface area contributed by atoms with Crippen molar-refractivity contribution in [3.05, 3.63) is 38.8 Å². The zero-order valence-corrected chi connectivity index (χ0v) is 12.3. The molecule has 0 saturated carbocycles. The molecule has 6 nitrogen and oxygen atoms in total. The maximum absolute atomic E-state index is 12.2. The lowest BCUT2D eigenvalue weighted by molar-refractivity contribution is 0.0503. The summed E-state index contributed by atoms with van der Waals surface area (Å²) in [5, 5.41) is 16.4. The lowest BCUT2D eigenvalue weighted by Crippen LogP contribution is -2.16. The average Bonchev–Trinajstić information content (AvgIpc) is 2.45. The van der Waals surface area contributed by atoms with Gasteiger partial charge >= 0.3 is 5.97 Å². The van der Waals surface area contributed by atoms with Crippen LogP contribution in [-0.4, -0.2) is 27.9 Å². The quantitative estimate of drug-likeness (QED) is 0.834. The van der Waals surface area contributed by atoms with Gasteiger partial charge in [-0.3, -0.25) is 4.79 Å². The fraction of sp³-hybridized carbons (Fsp3) is 0.400. The highest BCUT2D eigenvalue weighted by Crippen LogP contribution is 2.25. The molecule has 1 aromatic carbocycles. The van der Waals surface area contributed by atoms with E-state index in [4.69, 9.17) is 4.74 Å². The van der Waals surface area contributed by atoms with Crippen LogP contribution in [0.1, 0.15) is 40.5 Å². The van der Waals surface area contributed by atoms with Crippen LogP contribution in [0.4, 0.5) is 0 Å². The molecule has 1 heterocycles. The maximum Gasteiger partial charge on any atom is 0.338 e. The molecule has 112 valence electrons. The molecule has 0 bridgehead atoms. The van der Waals surface area contributed by atoms with E-state index in [0.717, 1.165) is 6.42 Å². The average molecular weight is 290 g/mol. The van der Waals surface area contributed by atoms with E-state index in [1.807, 2.05) is 6.92 Å². The highest BCUT2D eigenvalue weighted by Gasteiger charge is 2.19. The predicted molar refractivity (Wildman–Crippen MR) is 78.3 cm³/mol. The lowest BCUT2D eigenvalue weighted by Gasteiger charge is -2.13. The first kappa shape index (κ1) is 15.2. The maximum atomic E-state index is 12.2. The van der Waals surface area contributed by atoms with Crippen LogP contribution in [0, 0.1) is 13.8 Å². The van der Waals surface area contributed by atoms with Gasteiger partial charge in [0, 0.05) is 5.39 Å². The van der Waals surface area contributed by atoms with Crippen LogP contribution in [0.5, 0.6) is 0 Å². The van der Waals surface area contributed by atoms with Gasteiger partial charge in [0.15, 0.2) is 0 Å². The standard InChI is InChI=1S/C15H18N2O4/c1-4-5-21-15(20)12-8(2)6-10-11(7-18)16-17-14(19)13(10)9(12)3/h6,18H,4-5,7H2,1-3H3,(H,17,19). The number of esters is 1. The van der Waals surface area contributed by atoms with E-state index in [2.05, 4.69) is 10.2 Å². The van der Waals surface area contributed by atoms with Crippen LogP contribution in [-0.2, 0) is 11.3 Å². The lowest BCUT2D eigenvalue weighted by atomic mass is 9.96. The third kappa shape index (κ3) is 2.67. The molecule has 1 aromatic heterocycles. The minimum absolute atomic E-state index is 0.286. The second kappa shape index (κ2) is 6.05. The van der Waals surface area contributed by atoms with Crippen LogP contribution < -0.4 is 5.56 Å². The normalized spacial score (nSPS) is 10.9. The summed E-state index contributed by atoms with van der Waals surface area (Å²) in [6, 6.07) is 1.69. The number of ether oxygens (including phenoxy) is 1. The number of H-pyrrole nitrogens is 1. The molecule has 2 rings (SSSR count). The molecule has 2 aromatic rings. The van der Waals surface area contributed by atoms with Gasteiger partial charge in [-0.25, -0.2) is 9.89 Å². The zero-order chi connectivity index (χ0) is 15.6. The van der Waals surface area contributed by atoms with Crippen LogP contribution in [0.3, 0.4) is 0 Å². The predicted octanol–water partition coefficient (Wildman–Crippen LogP) is 1.60. The van der Waals surface area contributed by atoms with E-state index in [9.17, 15) is 14.7 Å². The Bertz CT molecular complexity index is 749. The second-order valence-electron chi connectivity index (χ2n) is 4.91. The zero-order valence-electron chi connectivity index (χ0n) is 12.3. The Labute approximate surface area is 121 Å². The monoisotopic (exact) mass is 290 g/mol. The molecule has 2 N–H and O–H groups in total. The van der Waals surface area contributed by atoms with E-state index >= 15 is 0 Å². The molecule has 0 radical (unpaired) electrons. The first-order valence-electron chi connectivity index (χ1n) is 6.80. The third-order valence-electron chi connectivity index (χ3n) is 3.40. The number of aliphatic hydroxyl groups excluding tert-OH is 1. The number of aromatic amines is 1. The molecular formula is C15H18N2O4. The SMILES string of the molecule is CCCOC(=O)c1c(C)cc2c(CO)n[nH]c(=O)c2c1C. The van der Waals surface area contributed by atoms with Crippen molar-refractivity contribution in [3.63, 3.8) is 0 Å². The summed E-state index contributed by atoms with van der Waals surface area (Å²) in [7, 11) is 0. The largest absolute Gasteiger partial charge is 0.462 e. The fourth-order valence-electron chi connectivity index (χ4n) is 2.44. The van der Waals surface area contributed by atoms with Gasteiger partial charge in [0.1, 0.15) is 0 Å². The molecule has 0 fully saturated rings. The topological polar surface area (TPSA) is 92.3 Å². The third-order valence-corrected chi connectivity index (χ3v) is 3.40. The molecule has 0 unspecified atom stereocenters. The summed E-state index contributed by atoms with van der Waals surface area (Å²) in [6.07, 6.45) is 0.733. The van der Waals surface area contributed by atoms with Gasteiger partial charge in [-0.2, -0.15) is 5.10 Å². The van der Waals surface area contributed by atoms with Crippen molar-refractivity contribution >= 4 is 16.7 Å². The number of hydrogen-bond acceptors (Lipinski definition) is 5. The van der Waals surface area contributed by atoms with Crippen molar-refractivity contribution in [2.24, 2.45) is 0 Å². The Morgan fingerprint density at radius 1 is 1.43 bits per heavy atom. The Morgan fingerprint density at radius 3 is 2.76 bits per heavy atom. The Kier molecular flexibility index (Phi) is 4.37. The highest BCUT2D eigenvalue weighted by molar-refractivity contribution is 6.00. The summed E-state index contributed by atoms with van der Waals surface area (Å²) in [4.78, 5) is 24.2. The number of hydrogen-bond donors (Lipinski definition) is 2. The van der Waals surface area contributed by atoms with Gasteiger partial charge in [-0.1, -0.05) is 6.92 Å². The molecule has 0 spiro atoms. The molecule has 0 aliphatic rings. The number of fused-ring (bicyclic) bond motifs is 1. The Balaban J connectivity index is 2.73. The van der Waals surface area contributed by atoms with Crippen molar-refractivity contribution in [2.45, 2.75) is 33.8 Å². The van der Waals surface area contributed by atoms with Gasteiger partial charge in [0.25, 0.3) is 5.56 Å². The van der Waals surface area contributed by atoms with Gasteiger partial charge in [0.2, 0.25) is 0 Å². The number of benzene rings is 1. The van der Waals surface area contributed by atoms with Gasteiger partial charge in [-0.05, 0) is 37.5 Å². The van der Waals surface area contributed by atoms with Gasteiger partial charge in [-0.15, -0.1) is 0 Å². The molecule has 0 aliphatic heterocycles. The number of carbonyl (C=O) groups is 1. The number of nitrogens with zero attached hydrogens (tertiary/aromatic N) is 1. The molecule has 21 heavy (non-hydrogen) atoms. The molecule has 6 heteroatoms. The molecular weight excluding hydrogens is 272 g/mol. The van der Waals surface area contributed by atoms with Crippen LogP contribution in [0.2, 0.25) is 0 Å². The molecule has 0 saturated heterocycles. The van der Waals surface area contributed by atoms with Crippen molar-refractivity contribution in [1.29, 1.82) is 0 Å². The fourth-order valence-corrected chi connectivity index (χ4v) is 2.44. The van der Waals surface area contributed by atoms with E-state index in [0.29, 0.717) is 39.8 Å². The Hall–Kier alpha value is -2.21. The van der Waals surface area contributed by atoms with Crippen LogP contribution in [0.25, 0.3) is 10.8 Å². The van der Waals surface area contributed by atoms with Gasteiger partial charge < -0.3 is 9.84 Å². The van der Waals surface area contributed by atoms with Crippen LogP contribution in [0.15, 0.2) is 10.9 Å². The summed E-state index contributed by atoms with van der Waals surface area (Å²) in [6.45, 7) is 5.44. The Morgan fingerprint density at radius 2 is 2.14 bits per heavy atom. The number of aromatic nitrogens is 2. The smallest absolute Gasteiger partial charge is 0.338 e. The molecule has 0 amide bonds. The summed E-state index contributed by atoms with van der Waals surface area (Å²) in [5.74, 6) is -0.435. The summed E-state index contributed by atoms with van der Waals surface area (Å²) in [5.41, 5.74) is 1.64. The van der Waals surface area contributed by atoms with Crippen molar-refractivity contribution < 1.29 is 14.6 Å². The highest BCUT2D eigenvalue weighted by atomic mass is 16.5. The van der Waals surface area contributed by atoms with E-state index in [1.54, 1.807) is 19.9 Å². The first-order valence-corrected chi connectivity index (χ1v) is 6.80. The second-order valence-corrected chi connectivity index (χ2v) is 4.91. The van der Waals surface area contributed by atoms with Crippen molar-refractivity contribution in [1.82, 2.24) is 10.2 Å². The summed E-state index contributed by atoms with van der Waals surface area (Å²) >= 11 is 0. The summed E-state index contributed by atoms with van der Waals surface area (Å²) < 4.78 is 5.17. The minimum Gasteiger partial charge on any atom is -0.462 e. The van der Waals surface area contributed by atoms with Crippen LogP contribution >= 0.6 is 0 Å².